The normalized spacial score (nSPS) is 13.8. The lowest BCUT2D eigenvalue weighted by Gasteiger charge is -2.22. The van der Waals surface area contributed by atoms with Gasteiger partial charge in [0.25, 0.3) is 0 Å². The van der Waals surface area contributed by atoms with Gasteiger partial charge in [0, 0.05) is 24.8 Å². The first-order valence-electron chi connectivity index (χ1n) is 6.86. The fourth-order valence-electron chi connectivity index (χ4n) is 1.98. The van der Waals surface area contributed by atoms with E-state index >= 15 is 0 Å². The zero-order chi connectivity index (χ0) is 13.7. The van der Waals surface area contributed by atoms with E-state index in [1.807, 2.05) is 12.5 Å². The summed E-state index contributed by atoms with van der Waals surface area (Å²) < 4.78 is 2.22. The summed E-state index contributed by atoms with van der Waals surface area (Å²) in [7, 11) is 2.14. The van der Waals surface area contributed by atoms with Gasteiger partial charge < -0.3 is 15.2 Å². The third-order valence-electron chi connectivity index (χ3n) is 3.43. The van der Waals surface area contributed by atoms with Crippen molar-refractivity contribution in [2.24, 2.45) is 11.7 Å². The summed E-state index contributed by atoms with van der Waals surface area (Å²) in [6.07, 6.45) is 4.91. The molecule has 0 saturated carbocycles. The second-order valence-corrected chi connectivity index (χ2v) is 5.82. The number of imidazole rings is 1. The van der Waals surface area contributed by atoms with E-state index in [1.54, 1.807) is 0 Å². The van der Waals surface area contributed by atoms with Crippen LogP contribution in [0.2, 0.25) is 0 Å². The molecule has 1 heterocycles. The molecule has 18 heavy (non-hydrogen) atoms. The number of nitrogens with two attached hydrogens (primary N) is 1. The van der Waals surface area contributed by atoms with E-state index < -0.39 is 0 Å². The monoisotopic (exact) mass is 252 g/mol. The molecule has 0 fully saturated rings. The van der Waals surface area contributed by atoms with Gasteiger partial charge in [-0.3, -0.25) is 0 Å². The summed E-state index contributed by atoms with van der Waals surface area (Å²) in [5.74, 6) is 0.555. The van der Waals surface area contributed by atoms with Gasteiger partial charge in [-0.05, 0) is 39.8 Å². The lowest BCUT2D eigenvalue weighted by molar-refractivity contribution is 0.288. The highest BCUT2D eigenvalue weighted by atomic mass is 15.1. The molecule has 1 aromatic rings. The van der Waals surface area contributed by atoms with Crippen LogP contribution >= 0.6 is 0 Å². The molecule has 0 aliphatic rings. The molecule has 0 aromatic carbocycles. The van der Waals surface area contributed by atoms with Gasteiger partial charge in [0.1, 0.15) is 0 Å². The summed E-state index contributed by atoms with van der Waals surface area (Å²) in [6, 6.07) is 0.760. The van der Waals surface area contributed by atoms with Gasteiger partial charge in [0.15, 0.2) is 0 Å². The Bertz CT molecular complexity index is 343. The van der Waals surface area contributed by atoms with E-state index in [2.05, 4.69) is 49.2 Å². The Kier molecular flexibility index (Phi) is 5.82. The lowest BCUT2D eigenvalue weighted by atomic mass is 10.0. The average molecular weight is 252 g/mol. The predicted octanol–water partition coefficient (Wildman–Crippen LogP) is 2.27. The lowest BCUT2D eigenvalue weighted by Crippen LogP contribution is -2.32. The number of rotatable bonds is 7. The summed E-state index contributed by atoms with van der Waals surface area (Å²) in [6.45, 7) is 10.7. The van der Waals surface area contributed by atoms with Crippen molar-refractivity contribution >= 4 is 0 Å². The second-order valence-electron chi connectivity index (χ2n) is 5.82. The summed E-state index contributed by atoms with van der Waals surface area (Å²) in [5, 5.41) is 0. The SMILES string of the molecule is CC(C)C(N)CCN(C)Cc1cncn1C(C)C. The maximum atomic E-state index is 6.07. The smallest absolute Gasteiger partial charge is 0.0951 e. The minimum atomic E-state index is 0.294. The molecule has 0 spiro atoms. The predicted molar refractivity (Wildman–Crippen MR) is 76.4 cm³/mol. The van der Waals surface area contributed by atoms with Crippen LogP contribution in [-0.4, -0.2) is 34.1 Å². The second kappa shape index (κ2) is 6.90. The Morgan fingerprint density at radius 2 is 2.00 bits per heavy atom. The molecule has 1 rings (SSSR count). The maximum absolute atomic E-state index is 6.07. The van der Waals surface area contributed by atoms with Crippen molar-refractivity contribution in [2.45, 2.75) is 52.7 Å². The van der Waals surface area contributed by atoms with E-state index in [0.717, 1.165) is 19.5 Å². The van der Waals surface area contributed by atoms with Crippen molar-refractivity contribution < 1.29 is 0 Å². The van der Waals surface area contributed by atoms with Crippen molar-refractivity contribution in [2.75, 3.05) is 13.6 Å². The Morgan fingerprint density at radius 1 is 1.33 bits per heavy atom. The van der Waals surface area contributed by atoms with Gasteiger partial charge in [0.2, 0.25) is 0 Å². The first-order chi connectivity index (χ1) is 8.41. The van der Waals surface area contributed by atoms with Crippen molar-refractivity contribution in [3.05, 3.63) is 18.2 Å². The van der Waals surface area contributed by atoms with Crippen LogP contribution in [0.4, 0.5) is 0 Å². The topological polar surface area (TPSA) is 47.1 Å². The van der Waals surface area contributed by atoms with E-state index in [4.69, 9.17) is 5.73 Å². The first-order valence-corrected chi connectivity index (χ1v) is 6.86. The van der Waals surface area contributed by atoms with E-state index in [9.17, 15) is 0 Å². The molecule has 0 aliphatic carbocycles. The molecule has 0 saturated heterocycles. The molecule has 104 valence electrons. The zero-order valence-corrected chi connectivity index (χ0v) is 12.4. The highest BCUT2D eigenvalue weighted by molar-refractivity contribution is 4.99. The molecular formula is C14H28N4. The van der Waals surface area contributed by atoms with Crippen molar-refractivity contribution in [3.63, 3.8) is 0 Å². The fraction of sp³-hybridized carbons (Fsp3) is 0.786. The van der Waals surface area contributed by atoms with Gasteiger partial charge in [0.05, 0.1) is 12.0 Å². The number of hydrogen-bond donors (Lipinski definition) is 1. The molecule has 0 amide bonds. The van der Waals surface area contributed by atoms with Gasteiger partial charge in [-0.1, -0.05) is 13.8 Å². The van der Waals surface area contributed by atoms with Crippen molar-refractivity contribution in [1.29, 1.82) is 0 Å². The molecule has 1 atom stereocenters. The number of nitrogens with zero attached hydrogens (tertiary/aromatic N) is 3. The van der Waals surface area contributed by atoms with Crippen LogP contribution in [0.15, 0.2) is 12.5 Å². The van der Waals surface area contributed by atoms with Crippen LogP contribution in [0.5, 0.6) is 0 Å². The summed E-state index contributed by atoms with van der Waals surface area (Å²) >= 11 is 0. The Balaban J connectivity index is 2.44. The van der Waals surface area contributed by atoms with Crippen LogP contribution < -0.4 is 5.73 Å². The Hall–Kier alpha value is -0.870. The minimum Gasteiger partial charge on any atom is -0.331 e. The maximum Gasteiger partial charge on any atom is 0.0951 e. The Morgan fingerprint density at radius 3 is 2.56 bits per heavy atom. The van der Waals surface area contributed by atoms with Crippen molar-refractivity contribution in [3.8, 4) is 0 Å². The van der Waals surface area contributed by atoms with Crippen LogP contribution in [0.25, 0.3) is 0 Å². The summed E-state index contributed by atoms with van der Waals surface area (Å²) in [4.78, 5) is 6.55. The van der Waals surface area contributed by atoms with Gasteiger partial charge >= 0.3 is 0 Å². The number of hydrogen-bond acceptors (Lipinski definition) is 3. The fourth-order valence-corrected chi connectivity index (χ4v) is 1.98. The molecule has 1 aromatic heterocycles. The standard InChI is InChI=1S/C14H28N4/c1-11(2)14(15)6-7-17(5)9-13-8-16-10-18(13)12(3)4/h8,10-12,14H,6-7,9,15H2,1-5H3. The largest absolute Gasteiger partial charge is 0.331 e. The van der Waals surface area contributed by atoms with Crippen LogP contribution in [0.1, 0.15) is 45.9 Å². The first kappa shape index (κ1) is 15.2. The summed E-state index contributed by atoms with van der Waals surface area (Å²) in [5.41, 5.74) is 7.34. The van der Waals surface area contributed by atoms with Gasteiger partial charge in [-0.15, -0.1) is 0 Å². The quantitative estimate of drug-likeness (QED) is 0.810. The zero-order valence-electron chi connectivity index (χ0n) is 12.4. The molecule has 4 heteroatoms. The average Bonchev–Trinajstić information content (AvgIpc) is 2.73. The molecule has 0 radical (unpaired) electrons. The van der Waals surface area contributed by atoms with Gasteiger partial charge in [-0.25, -0.2) is 4.98 Å². The van der Waals surface area contributed by atoms with E-state index in [0.29, 0.717) is 18.0 Å². The van der Waals surface area contributed by atoms with Crippen LogP contribution in [0, 0.1) is 5.92 Å². The van der Waals surface area contributed by atoms with Gasteiger partial charge in [-0.2, -0.15) is 0 Å². The molecule has 4 nitrogen and oxygen atoms in total. The third-order valence-corrected chi connectivity index (χ3v) is 3.43. The molecule has 2 N–H and O–H groups in total. The van der Waals surface area contributed by atoms with E-state index in [-0.39, 0.29) is 0 Å². The molecule has 1 unspecified atom stereocenters. The minimum absolute atomic E-state index is 0.294. The van der Waals surface area contributed by atoms with Crippen LogP contribution in [0.3, 0.4) is 0 Å². The molecule has 0 aliphatic heterocycles. The highest BCUT2D eigenvalue weighted by Crippen LogP contribution is 2.11. The van der Waals surface area contributed by atoms with Crippen molar-refractivity contribution in [1.82, 2.24) is 14.5 Å². The molecular weight excluding hydrogens is 224 g/mol. The third kappa shape index (κ3) is 4.42. The van der Waals surface area contributed by atoms with E-state index in [1.165, 1.54) is 5.69 Å². The Labute approximate surface area is 111 Å². The van der Waals surface area contributed by atoms with Crippen LogP contribution in [-0.2, 0) is 6.54 Å². The highest BCUT2D eigenvalue weighted by Gasteiger charge is 2.11. The number of aromatic nitrogens is 2. The molecule has 0 bridgehead atoms.